The summed E-state index contributed by atoms with van der Waals surface area (Å²) in [6, 6.07) is 0. The van der Waals surface area contributed by atoms with Gasteiger partial charge in [-0.05, 0) is 0 Å². The molecule has 0 aliphatic carbocycles. The molecule has 0 bridgehead atoms. The summed E-state index contributed by atoms with van der Waals surface area (Å²) >= 11 is 0. The average Bonchev–Trinajstić information content (AvgIpc) is 1.98. The normalized spacial score (nSPS) is 8.74. The van der Waals surface area contributed by atoms with Gasteiger partial charge in [0, 0.05) is 6.92 Å². The molecule has 11 heteroatoms. The number of aliphatic hydroxyl groups is 1. The second-order valence-electron chi connectivity index (χ2n) is 3.00. The van der Waals surface area contributed by atoms with E-state index in [1.807, 2.05) is 0 Å². The van der Waals surface area contributed by atoms with Gasteiger partial charge in [-0.15, -0.1) is 0 Å². The van der Waals surface area contributed by atoms with E-state index < -0.39 is 42.3 Å². The Morgan fingerprint density at radius 1 is 0.895 bits per heavy atom. The summed E-state index contributed by atoms with van der Waals surface area (Å²) in [6.45, 7) is 1.08. The van der Waals surface area contributed by atoms with Gasteiger partial charge in [0.1, 0.15) is 0 Å². The van der Waals surface area contributed by atoms with Gasteiger partial charge in [0.15, 0.2) is 5.60 Å². The summed E-state index contributed by atoms with van der Waals surface area (Å²) in [7, 11) is 0. The second-order valence-corrected chi connectivity index (χ2v) is 3.00. The zero-order chi connectivity index (χ0) is 14.2. The summed E-state index contributed by atoms with van der Waals surface area (Å²) in [5.41, 5.74) is -2.74. The number of carbonyl (C=O) groups is 4. The summed E-state index contributed by atoms with van der Waals surface area (Å²) in [5.74, 6) is -5.85. The van der Waals surface area contributed by atoms with Crippen molar-refractivity contribution >= 4 is 105 Å². The fraction of sp³-hybridized carbons (Fsp3) is 0.500. The average molecular weight is 316 g/mol. The number of rotatable bonds is 5. The van der Waals surface area contributed by atoms with Crippen molar-refractivity contribution in [3.05, 3.63) is 0 Å². The molecule has 0 unspecified atom stereocenters. The number of carboxylic acid groups (broad SMARTS) is 4. The van der Waals surface area contributed by atoms with Crippen molar-refractivity contribution in [2.45, 2.75) is 25.4 Å². The van der Waals surface area contributed by atoms with Crippen LogP contribution in [0.4, 0.5) is 0 Å². The number of hydrogen-bond acceptors (Lipinski definition) is 5. The standard InChI is InChI=1S/C6H8O7.C2H4O2.K.Na.2H/c7-3(8)1-6(13,5(11)12)2-4(9)10;1-2(3)4;;;;/h13H,1-2H2,(H,7,8)(H,9,10)(H,11,12);1H3,(H,3,4);;;;. The SMILES string of the molecule is CC(=O)O.O=C(O)CC(O)(CC(=O)O)C(=O)O.[KH].[NaH]. The number of hydrogen-bond donors (Lipinski definition) is 5. The molecule has 0 saturated carbocycles. The summed E-state index contributed by atoms with van der Waals surface area (Å²) in [6.07, 6.45) is -2.29. The minimum atomic E-state index is -2.74. The van der Waals surface area contributed by atoms with Gasteiger partial charge in [-0.1, -0.05) is 0 Å². The Bertz CT molecular complexity index is 310. The van der Waals surface area contributed by atoms with Gasteiger partial charge >= 0.3 is 98.8 Å². The van der Waals surface area contributed by atoms with Crippen LogP contribution in [0.5, 0.6) is 0 Å². The molecule has 0 rings (SSSR count). The Labute approximate surface area is 172 Å². The quantitative estimate of drug-likeness (QED) is 0.345. The molecule has 0 aromatic rings. The molecule has 19 heavy (non-hydrogen) atoms. The van der Waals surface area contributed by atoms with Crippen molar-refractivity contribution < 1.29 is 44.7 Å². The Morgan fingerprint density at radius 3 is 1.21 bits per heavy atom. The van der Waals surface area contributed by atoms with Gasteiger partial charge < -0.3 is 25.5 Å². The third-order valence-corrected chi connectivity index (χ3v) is 1.29. The summed E-state index contributed by atoms with van der Waals surface area (Å²) in [5, 5.41) is 41.2. The molecule has 0 heterocycles. The molecule has 0 saturated heterocycles. The van der Waals surface area contributed by atoms with Crippen LogP contribution in [0.2, 0.25) is 0 Å². The summed E-state index contributed by atoms with van der Waals surface area (Å²) in [4.78, 5) is 39.5. The minimum absolute atomic E-state index is 0. The number of aliphatic carboxylic acids is 4. The van der Waals surface area contributed by atoms with Crippen molar-refractivity contribution in [2.24, 2.45) is 0 Å². The Morgan fingerprint density at radius 2 is 1.11 bits per heavy atom. The zero-order valence-corrected chi connectivity index (χ0v) is 8.78. The predicted octanol–water partition coefficient (Wildman–Crippen LogP) is -2.45. The van der Waals surface area contributed by atoms with Gasteiger partial charge in [-0.2, -0.15) is 0 Å². The van der Waals surface area contributed by atoms with Crippen molar-refractivity contribution in [2.75, 3.05) is 0 Å². The van der Waals surface area contributed by atoms with Crippen LogP contribution in [0.3, 0.4) is 0 Å². The van der Waals surface area contributed by atoms with Crippen LogP contribution in [-0.4, -0.2) is 136 Å². The zero-order valence-electron chi connectivity index (χ0n) is 8.78. The van der Waals surface area contributed by atoms with Crippen molar-refractivity contribution in [1.82, 2.24) is 0 Å². The van der Waals surface area contributed by atoms with Gasteiger partial charge in [-0.25, -0.2) is 4.79 Å². The van der Waals surface area contributed by atoms with Crippen molar-refractivity contribution in [3.63, 3.8) is 0 Å². The molecular weight excluding hydrogens is 302 g/mol. The van der Waals surface area contributed by atoms with E-state index in [0.29, 0.717) is 0 Å². The van der Waals surface area contributed by atoms with E-state index in [4.69, 9.17) is 30.3 Å². The Hall–Kier alpha value is 0.476. The van der Waals surface area contributed by atoms with E-state index in [2.05, 4.69) is 0 Å². The molecule has 102 valence electrons. The van der Waals surface area contributed by atoms with E-state index in [9.17, 15) is 14.4 Å². The van der Waals surface area contributed by atoms with Crippen molar-refractivity contribution in [3.8, 4) is 0 Å². The third kappa shape index (κ3) is 18.5. The summed E-state index contributed by atoms with van der Waals surface area (Å²) < 4.78 is 0. The van der Waals surface area contributed by atoms with Gasteiger partial charge in [-0.3, -0.25) is 14.4 Å². The molecule has 0 spiro atoms. The topological polar surface area (TPSA) is 169 Å². The Kier molecular flexibility index (Phi) is 19.7. The van der Waals surface area contributed by atoms with Crippen LogP contribution in [0.25, 0.3) is 0 Å². The van der Waals surface area contributed by atoms with Crippen LogP contribution in [0, 0.1) is 0 Å². The van der Waals surface area contributed by atoms with Crippen LogP contribution < -0.4 is 0 Å². The first-order chi connectivity index (χ1) is 7.51. The molecule has 0 amide bonds. The molecule has 5 N–H and O–H groups in total. The van der Waals surface area contributed by atoms with E-state index in [-0.39, 0.29) is 80.9 Å². The fourth-order valence-electron chi connectivity index (χ4n) is 0.714. The third-order valence-electron chi connectivity index (χ3n) is 1.29. The van der Waals surface area contributed by atoms with E-state index in [1.54, 1.807) is 0 Å². The van der Waals surface area contributed by atoms with E-state index in [1.165, 1.54) is 0 Å². The van der Waals surface area contributed by atoms with Crippen LogP contribution in [-0.2, 0) is 19.2 Å². The van der Waals surface area contributed by atoms with Gasteiger partial charge in [0.25, 0.3) is 5.97 Å². The van der Waals surface area contributed by atoms with E-state index in [0.717, 1.165) is 6.92 Å². The molecule has 0 fully saturated rings. The molecule has 0 aromatic heterocycles. The maximum absolute atomic E-state index is 10.3. The second kappa shape index (κ2) is 13.5. The van der Waals surface area contributed by atoms with Crippen LogP contribution in [0.1, 0.15) is 19.8 Å². The molecule has 0 atom stereocenters. The molecule has 0 radical (unpaired) electrons. The maximum atomic E-state index is 10.3. The fourth-order valence-corrected chi connectivity index (χ4v) is 0.714. The molecule has 9 nitrogen and oxygen atoms in total. The first kappa shape index (κ1) is 27.8. The Balaban J connectivity index is -0.000000165. The predicted molar refractivity (Wildman–Crippen MR) is 64.7 cm³/mol. The van der Waals surface area contributed by atoms with Gasteiger partial charge in [0.05, 0.1) is 12.8 Å². The first-order valence-corrected chi connectivity index (χ1v) is 4.10. The molecular formula is C8H14KNaO9. The van der Waals surface area contributed by atoms with E-state index >= 15 is 0 Å². The van der Waals surface area contributed by atoms with Gasteiger partial charge in [0.2, 0.25) is 0 Å². The number of carboxylic acids is 4. The van der Waals surface area contributed by atoms with Crippen LogP contribution in [0.15, 0.2) is 0 Å². The molecule has 0 aliphatic rings. The van der Waals surface area contributed by atoms with Crippen molar-refractivity contribution in [1.29, 1.82) is 0 Å². The first-order valence-electron chi connectivity index (χ1n) is 4.10. The molecule has 0 aromatic carbocycles. The molecule has 0 aliphatic heterocycles. The monoisotopic (exact) mass is 316 g/mol. The van der Waals surface area contributed by atoms with Crippen LogP contribution >= 0.6 is 0 Å².